The SMILES string of the molecule is COc1ccc2c(Cl)nc(-c3cccc(F)c3Cl)nc2c1. The molecule has 3 rings (SSSR count). The van der Waals surface area contributed by atoms with Gasteiger partial charge in [0.05, 0.1) is 17.6 Å². The summed E-state index contributed by atoms with van der Waals surface area (Å²) in [7, 11) is 1.56. The van der Waals surface area contributed by atoms with Crippen LogP contribution in [0, 0.1) is 5.82 Å². The molecule has 0 unspecified atom stereocenters. The summed E-state index contributed by atoms with van der Waals surface area (Å²) >= 11 is 12.1. The zero-order valence-corrected chi connectivity index (χ0v) is 12.4. The molecule has 0 spiro atoms. The topological polar surface area (TPSA) is 35.0 Å². The maximum absolute atomic E-state index is 13.6. The van der Waals surface area contributed by atoms with E-state index in [0.717, 1.165) is 0 Å². The maximum atomic E-state index is 13.6. The van der Waals surface area contributed by atoms with Crippen molar-refractivity contribution < 1.29 is 9.13 Å². The summed E-state index contributed by atoms with van der Waals surface area (Å²) in [6, 6.07) is 9.74. The van der Waals surface area contributed by atoms with Gasteiger partial charge in [-0.1, -0.05) is 29.3 Å². The quantitative estimate of drug-likeness (QED) is 0.638. The Hall–Kier alpha value is -1.91. The van der Waals surface area contributed by atoms with E-state index >= 15 is 0 Å². The summed E-state index contributed by atoms with van der Waals surface area (Å²) in [6.07, 6.45) is 0. The fourth-order valence-corrected chi connectivity index (χ4v) is 2.44. The zero-order valence-electron chi connectivity index (χ0n) is 10.9. The average Bonchev–Trinajstić information content (AvgIpc) is 2.49. The summed E-state index contributed by atoms with van der Waals surface area (Å²) in [4.78, 5) is 8.58. The fraction of sp³-hybridized carbons (Fsp3) is 0.0667. The standard InChI is InChI=1S/C15H9Cl2FN2O/c1-21-8-5-6-9-12(7-8)19-15(20-14(9)17)10-3-2-4-11(18)13(10)16/h2-7H,1H3. The van der Waals surface area contributed by atoms with Crippen molar-refractivity contribution in [2.75, 3.05) is 7.11 Å². The maximum Gasteiger partial charge on any atom is 0.163 e. The van der Waals surface area contributed by atoms with Gasteiger partial charge in [0.25, 0.3) is 0 Å². The normalized spacial score (nSPS) is 10.9. The Morgan fingerprint density at radius 3 is 2.67 bits per heavy atom. The highest BCUT2D eigenvalue weighted by molar-refractivity contribution is 6.35. The van der Waals surface area contributed by atoms with E-state index in [2.05, 4.69) is 9.97 Å². The number of halogens is 3. The summed E-state index contributed by atoms with van der Waals surface area (Å²) in [5, 5.41) is 0.933. The minimum atomic E-state index is -0.528. The second-order valence-electron chi connectivity index (χ2n) is 4.32. The van der Waals surface area contributed by atoms with Crippen LogP contribution in [0.25, 0.3) is 22.3 Å². The Morgan fingerprint density at radius 1 is 1.10 bits per heavy atom. The van der Waals surface area contributed by atoms with Crippen LogP contribution in [0.5, 0.6) is 5.75 Å². The van der Waals surface area contributed by atoms with Gasteiger partial charge in [-0.2, -0.15) is 0 Å². The molecular formula is C15H9Cl2FN2O. The molecule has 0 bridgehead atoms. The zero-order chi connectivity index (χ0) is 15.0. The number of hydrogen-bond acceptors (Lipinski definition) is 3. The lowest BCUT2D eigenvalue weighted by atomic mass is 10.2. The van der Waals surface area contributed by atoms with Crippen molar-refractivity contribution in [3.63, 3.8) is 0 Å². The minimum Gasteiger partial charge on any atom is -0.497 e. The lowest BCUT2D eigenvalue weighted by Crippen LogP contribution is -1.94. The second kappa shape index (κ2) is 5.47. The number of hydrogen-bond donors (Lipinski definition) is 0. The number of benzene rings is 2. The molecule has 0 amide bonds. The van der Waals surface area contributed by atoms with Crippen LogP contribution in [0.2, 0.25) is 10.2 Å². The van der Waals surface area contributed by atoms with Gasteiger partial charge in [-0.3, -0.25) is 0 Å². The van der Waals surface area contributed by atoms with Gasteiger partial charge in [-0.05, 0) is 24.3 Å². The van der Waals surface area contributed by atoms with Crippen molar-refractivity contribution >= 4 is 34.1 Å². The second-order valence-corrected chi connectivity index (χ2v) is 5.06. The molecule has 0 atom stereocenters. The Morgan fingerprint density at radius 2 is 1.90 bits per heavy atom. The van der Waals surface area contributed by atoms with Crippen LogP contribution in [0.15, 0.2) is 36.4 Å². The lowest BCUT2D eigenvalue weighted by Gasteiger charge is -2.08. The molecule has 0 radical (unpaired) electrons. The Labute approximate surface area is 130 Å². The molecule has 21 heavy (non-hydrogen) atoms. The van der Waals surface area contributed by atoms with Crippen LogP contribution < -0.4 is 4.74 Å². The summed E-state index contributed by atoms with van der Waals surface area (Å²) in [5.41, 5.74) is 0.993. The highest BCUT2D eigenvalue weighted by Gasteiger charge is 2.13. The Balaban J connectivity index is 2.26. The molecule has 0 aliphatic rings. The van der Waals surface area contributed by atoms with Crippen LogP contribution in [-0.2, 0) is 0 Å². The summed E-state index contributed by atoms with van der Waals surface area (Å²) in [6.45, 7) is 0. The predicted molar refractivity (Wildman–Crippen MR) is 81.5 cm³/mol. The molecule has 6 heteroatoms. The number of aromatic nitrogens is 2. The summed E-state index contributed by atoms with van der Waals surface area (Å²) in [5.74, 6) is 0.387. The first-order valence-corrected chi connectivity index (χ1v) is 6.81. The highest BCUT2D eigenvalue weighted by atomic mass is 35.5. The van der Waals surface area contributed by atoms with Crippen molar-refractivity contribution in [2.24, 2.45) is 0 Å². The van der Waals surface area contributed by atoms with Crippen molar-refractivity contribution in [3.05, 3.63) is 52.4 Å². The van der Waals surface area contributed by atoms with E-state index in [1.807, 2.05) is 0 Å². The van der Waals surface area contributed by atoms with Crippen molar-refractivity contribution in [3.8, 4) is 17.1 Å². The number of ether oxygens (including phenoxy) is 1. The van der Waals surface area contributed by atoms with Crippen LogP contribution in [0.3, 0.4) is 0 Å². The number of methoxy groups -OCH3 is 1. The fourth-order valence-electron chi connectivity index (χ4n) is 1.99. The first kappa shape index (κ1) is 14.0. The molecular weight excluding hydrogens is 314 g/mol. The van der Waals surface area contributed by atoms with Gasteiger partial charge in [-0.25, -0.2) is 14.4 Å². The monoisotopic (exact) mass is 322 g/mol. The van der Waals surface area contributed by atoms with Gasteiger partial charge in [0.2, 0.25) is 0 Å². The van der Waals surface area contributed by atoms with Crippen LogP contribution >= 0.6 is 23.2 Å². The van der Waals surface area contributed by atoms with E-state index in [0.29, 0.717) is 22.2 Å². The predicted octanol–water partition coefficient (Wildman–Crippen LogP) is 4.75. The third kappa shape index (κ3) is 2.52. The molecule has 1 aromatic heterocycles. The minimum absolute atomic E-state index is 0.0317. The molecule has 0 N–H and O–H groups in total. The van der Waals surface area contributed by atoms with Crippen LogP contribution in [-0.4, -0.2) is 17.1 Å². The molecule has 2 aromatic carbocycles. The molecule has 0 fully saturated rings. The highest BCUT2D eigenvalue weighted by Crippen LogP contribution is 2.31. The van der Waals surface area contributed by atoms with E-state index in [1.165, 1.54) is 6.07 Å². The molecule has 3 nitrogen and oxygen atoms in total. The number of rotatable bonds is 2. The lowest BCUT2D eigenvalue weighted by molar-refractivity contribution is 0.415. The van der Waals surface area contributed by atoms with E-state index in [9.17, 15) is 4.39 Å². The molecule has 3 aromatic rings. The van der Waals surface area contributed by atoms with Crippen LogP contribution in [0.4, 0.5) is 4.39 Å². The van der Waals surface area contributed by atoms with Gasteiger partial charge < -0.3 is 4.74 Å². The Bertz CT molecular complexity index is 839. The van der Waals surface area contributed by atoms with Gasteiger partial charge in [0.15, 0.2) is 5.82 Å². The molecule has 0 aliphatic heterocycles. The number of nitrogens with zero attached hydrogens (tertiary/aromatic N) is 2. The average molecular weight is 323 g/mol. The third-order valence-electron chi connectivity index (χ3n) is 3.05. The first-order valence-electron chi connectivity index (χ1n) is 6.06. The molecule has 0 saturated carbocycles. The van der Waals surface area contributed by atoms with Gasteiger partial charge in [-0.15, -0.1) is 0 Å². The first-order chi connectivity index (χ1) is 10.1. The molecule has 0 aliphatic carbocycles. The van der Waals surface area contributed by atoms with Crippen molar-refractivity contribution in [2.45, 2.75) is 0 Å². The van der Waals surface area contributed by atoms with Crippen molar-refractivity contribution in [1.29, 1.82) is 0 Å². The smallest absolute Gasteiger partial charge is 0.163 e. The number of fused-ring (bicyclic) bond motifs is 1. The van der Waals surface area contributed by atoms with E-state index in [-0.39, 0.29) is 16.0 Å². The van der Waals surface area contributed by atoms with Gasteiger partial charge in [0, 0.05) is 17.0 Å². The van der Waals surface area contributed by atoms with Crippen molar-refractivity contribution in [1.82, 2.24) is 9.97 Å². The third-order valence-corrected chi connectivity index (χ3v) is 3.72. The molecule has 0 saturated heterocycles. The van der Waals surface area contributed by atoms with E-state index in [1.54, 1.807) is 37.4 Å². The van der Waals surface area contributed by atoms with E-state index in [4.69, 9.17) is 27.9 Å². The Kier molecular flexibility index (Phi) is 3.66. The molecule has 1 heterocycles. The van der Waals surface area contributed by atoms with Gasteiger partial charge >= 0.3 is 0 Å². The largest absolute Gasteiger partial charge is 0.497 e. The molecule has 106 valence electrons. The van der Waals surface area contributed by atoms with Crippen LogP contribution in [0.1, 0.15) is 0 Å². The summed E-state index contributed by atoms with van der Waals surface area (Å²) < 4.78 is 18.7. The van der Waals surface area contributed by atoms with E-state index < -0.39 is 5.82 Å². The van der Waals surface area contributed by atoms with Gasteiger partial charge in [0.1, 0.15) is 16.7 Å².